The minimum absolute atomic E-state index is 0.0302. The van der Waals surface area contributed by atoms with Crippen molar-refractivity contribution in [3.8, 4) is 0 Å². The van der Waals surface area contributed by atoms with E-state index in [1.54, 1.807) is 0 Å². The second-order valence-electron chi connectivity index (χ2n) is 4.93. The van der Waals surface area contributed by atoms with Crippen LogP contribution in [0, 0.1) is 17.6 Å². The van der Waals surface area contributed by atoms with Gasteiger partial charge in [0.05, 0.1) is 11.5 Å². The van der Waals surface area contributed by atoms with Crippen LogP contribution in [0.1, 0.15) is 24.4 Å². The van der Waals surface area contributed by atoms with Gasteiger partial charge in [-0.05, 0) is 36.5 Å². The maximum absolute atomic E-state index is 13.2. The lowest BCUT2D eigenvalue weighted by atomic mass is 9.94. The van der Waals surface area contributed by atoms with Crippen molar-refractivity contribution in [2.24, 2.45) is 11.8 Å². The maximum Gasteiger partial charge on any atom is 0.150 e. The fourth-order valence-corrected chi connectivity index (χ4v) is 4.35. The first-order valence-corrected chi connectivity index (χ1v) is 7.84. The van der Waals surface area contributed by atoms with E-state index >= 15 is 0 Å². The number of hydrogen-bond acceptors (Lipinski definition) is 4. The van der Waals surface area contributed by atoms with Gasteiger partial charge in [0.2, 0.25) is 0 Å². The van der Waals surface area contributed by atoms with Gasteiger partial charge in [-0.2, -0.15) is 0 Å². The predicted octanol–water partition coefficient (Wildman–Crippen LogP) is 1.29. The van der Waals surface area contributed by atoms with Crippen LogP contribution in [0.2, 0.25) is 0 Å². The molecule has 1 aromatic carbocycles. The van der Waals surface area contributed by atoms with Gasteiger partial charge in [-0.25, -0.2) is 17.2 Å². The highest BCUT2D eigenvalue weighted by molar-refractivity contribution is 7.91. The summed E-state index contributed by atoms with van der Waals surface area (Å²) >= 11 is 0. The molecule has 106 valence electrons. The third kappa shape index (κ3) is 3.71. The Morgan fingerprint density at radius 2 is 1.95 bits per heavy atom. The summed E-state index contributed by atoms with van der Waals surface area (Å²) in [6.45, 7) is 0. The Kier molecular flexibility index (Phi) is 4.17. The summed E-state index contributed by atoms with van der Waals surface area (Å²) in [5.41, 5.74) is 2.89. The lowest BCUT2D eigenvalue weighted by molar-refractivity contribution is 0.418. The molecule has 0 aromatic heterocycles. The van der Waals surface area contributed by atoms with Crippen LogP contribution in [0.5, 0.6) is 0 Å². The van der Waals surface area contributed by atoms with E-state index < -0.39 is 27.5 Å². The molecule has 0 amide bonds. The number of nitrogens with one attached hydrogen (secondary N) is 1. The van der Waals surface area contributed by atoms with Gasteiger partial charge in [0, 0.05) is 12.1 Å². The summed E-state index contributed by atoms with van der Waals surface area (Å²) in [6.07, 6.45) is 1.01. The fourth-order valence-electron chi connectivity index (χ4n) is 2.47. The van der Waals surface area contributed by atoms with Gasteiger partial charge >= 0.3 is 0 Å². The molecule has 0 spiro atoms. The largest absolute Gasteiger partial charge is 0.271 e. The topological polar surface area (TPSA) is 72.2 Å². The Balaban J connectivity index is 2.12. The number of rotatable bonds is 4. The number of sulfone groups is 1. The molecule has 1 heterocycles. The molecule has 3 N–H and O–H groups in total. The zero-order valence-electron chi connectivity index (χ0n) is 10.3. The standard InChI is InChI=1S/C12H16F2N2O2S/c13-10-4-9(5-11(14)6-10)12(16-15)3-8-1-2-19(17,18)7-8/h4-6,8,12,16H,1-3,7,15H2. The molecule has 1 saturated heterocycles. The average Bonchev–Trinajstić information content (AvgIpc) is 2.64. The number of halogens is 2. The summed E-state index contributed by atoms with van der Waals surface area (Å²) in [7, 11) is -2.96. The van der Waals surface area contributed by atoms with Crippen molar-refractivity contribution in [2.45, 2.75) is 18.9 Å². The van der Waals surface area contributed by atoms with E-state index in [9.17, 15) is 17.2 Å². The smallest absolute Gasteiger partial charge is 0.150 e. The van der Waals surface area contributed by atoms with E-state index in [0.717, 1.165) is 6.07 Å². The SMILES string of the molecule is NNC(CC1CCS(=O)(=O)C1)c1cc(F)cc(F)c1. The molecule has 4 nitrogen and oxygen atoms in total. The summed E-state index contributed by atoms with van der Waals surface area (Å²) < 4.78 is 49.1. The average molecular weight is 290 g/mol. The molecule has 0 radical (unpaired) electrons. The normalized spacial score (nSPS) is 23.4. The number of hydrazine groups is 1. The highest BCUT2D eigenvalue weighted by atomic mass is 32.2. The lowest BCUT2D eigenvalue weighted by Gasteiger charge is -2.19. The van der Waals surface area contributed by atoms with Gasteiger partial charge < -0.3 is 0 Å². The number of nitrogens with two attached hydrogens (primary N) is 1. The maximum atomic E-state index is 13.2. The molecule has 7 heteroatoms. The Morgan fingerprint density at radius 3 is 2.42 bits per heavy atom. The summed E-state index contributed by atoms with van der Waals surface area (Å²) in [5.74, 6) is 4.32. The summed E-state index contributed by atoms with van der Waals surface area (Å²) in [5, 5.41) is 0. The zero-order chi connectivity index (χ0) is 14.0. The van der Waals surface area contributed by atoms with Crippen molar-refractivity contribution < 1.29 is 17.2 Å². The highest BCUT2D eigenvalue weighted by Gasteiger charge is 2.30. The van der Waals surface area contributed by atoms with Crippen molar-refractivity contribution in [2.75, 3.05) is 11.5 Å². The van der Waals surface area contributed by atoms with E-state index in [-0.39, 0.29) is 17.4 Å². The molecule has 2 unspecified atom stereocenters. The fraction of sp³-hybridized carbons (Fsp3) is 0.500. The number of benzene rings is 1. The molecule has 0 aliphatic carbocycles. The molecule has 2 atom stereocenters. The van der Waals surface area contributed by atoms with Crippen molar-refractivity contribution >= 4 is 9.84 Å². The van der Waals surface area contributed by atoms with Gasteiger partial charge in [0.15, 0.2) is 9.84 Å². The predicted molar refractivity (Wildman–Crippen MR) is 67.8 cm³/mol. The minimum atomic E-state index is -2.96. The first-order valence-electron chi connectivity index (χ1n) is 6.02. The molecule has 1 aliphatic heterocycles. The molecule has 0 saturated carbocycles. The van der Waals surface area contributed by atoms with Crippen LogP contribution in [-0.4, -0.2) is 19.9 Å². The highest BCUT2D eigenvalue weighted by Crippen LogP contribution is 2.29. The summed E-state index contributed by atoms with van der Waals surface area (Å²) in [6, 6.07) is 2.74. The molecule has 1 aliphatic rings. The quantitative estimate of drug-likeness (QED) is 0.647. The van der Waals surface area contributed by atoms with Gasteiger partial charge in [-0.15, -0.1) is 0 Å². The van der Waals surface area contributed by atoms with Crippen molar-refractivity contribution in [3.05, 3.63) is 35.4 Å². The van der Waals surface area contributed by atoms with Crippen LogP contribution < -0.4 is 11.3 Å². The van der Waals surface area contributed by atoms with E-state index in [0.29, 0.717) is 18.4 Å². The summed E-state index contributed by atoms with van der Waals surface area (Å²) in [4.78, 5) is 0. The van der Waals surface area contributed by atoms with E-state index in [2.05, 4.69) is 5.43 Å². The monoisotopic (exact) mass is 290 g/mol. The Labute approximate surface area is 110 Å². The number of hydrogen-bond donors (Lipinski definition) is 2. The van der Waals surface area contributed by atoms with E-state index in [4.69, 9.17) is 5.84 Å². The van der Waals surface area contributed by atoms with Gasteiger partial charge in [0.25, 0.3) is 0 Å². The molecular formula is C12H16F2N2O2S. The molecule has 2 rings (SSSR count). The van der Waals surface area contributed by atoms with Crippen LogP contribution in [0.15, 0.2) is 18.2 Å². The van der Waals surface area contributed by atoms with Crippen molar-refractivity contribution in [3.63, 3.8) is 0 Å². The molecule has 19 heavy (non-hydrogen) atoms. The van der Waals surface area contributed by atoms with Crippen LogP contribution in [-0.2, 0) is 9.84 Å². The Bertz CT molecular complexity index is 543. The first kappa shape index (κ1) is 14.4. The van der Waals surface area contributed by atoms with Gasteiger partial charge in [0.1, 0.15) is 11.6 Å². The van der Waals surface area contributed by atoms with Crippen molar-refractivity contribution in [1.82, 2.24) is 5.43 Å². The van der Waals surface area contributed by atoms with E-state index in [1.807, 2.05) is 0 Å². The molecule has 0 bridgehead atoms. The first-order chi connectivity index (χ1) is 8.89. The second kappa shape index (κ2) is 5.52. The zero-order valence-corrected chi connectivity index (χ0v) is 11.1. The molecule has 1 aromatic rings. The third-order valence-electron chi connectivity index (χ3n) is 3.38. The van der Waals surface area contributed by atoms with Crippen LogP contribution in [0.25, 0.3) is 0 Å². The van der Waals surface area contributed by atoms with Crippen LogP contribution in [0.3, 0.4) is 0 Å². The third-order valence-corrected chi connectivity index (χ3v) is 5.22. The van der Waals surface area contributed by atoms with Gasteiger partial charge in [-0.1, -0.05) is 0 Å². The minimum Gasteiger partial charge on any atom is -0.271 e. The molecular weight excluding hydrogens is 274 g/mol. The van der Waals surface area contributed by atoms with Crippen molar-refractivity contribution in [1.29, 1.82) is 0 Å². The van der Waals surface area contributed by atoms with Gasteiger partial charge in [-0.3, -0.25) is 11.3 Å². The molecule has 1 fully saturated rings. The Morgan fingerprint density at radius 1 is 1.32 bits per heavy atom. The second-order valence-corrected chi connectivity index (χ2v) is 7.16. The lowest BCUT2D eigenvalue weighted by Crippen LogP contribution is -2.30. The Hall–Kier alpha value is -1.05. The van der Waals surface area contributed by atoms with E-state index in [1.165, 1.54) is 12.1 Å². The van der Waals surface area contributed by atoms with Crippen LogP contribution >= 0.6 is 0 Å². The van der Waals surface area contributed by atoms with Crippen LogP contribution in [0.4, 0.5) is 8.78 Å².